The maximum atomic E-state index is 8.65. The minimum Gasteiger partial charge on any atom is -0.397 e. The highest BCUT2D eigenvalue weighted by molar-refractivity contribution is 9.10. The average molecular weight is 277 g/mol. The molecule has 1 aromatic rings. The summed E-state index contributed by atoms with van der Waals surface area (Å²) in [5.74, 6) is 0.867. The molecule has 0 unspecified atom stereocenters. The van der Waals surface area contributed by atoms with Crippen molar-refractivity contribution < 1.29 is 5.11 Å². The summed E-state index contributed by atoms with van der Waals surface area (Å²) in [5.41, 5.74) is 7.42. The van der Waals surface area contributed by atoms with Gasteiger partial charge in [-0.25, -0.2) is 4.98 Å². The second kappa shape index (κ2) is 5.58. The Morgan fingerprint density at radius 2 is 2.36 bits per heavy atom. The highest BCUT2D eigenvalue weighted by Crippen LogP contribution is 2.30. The van der Waals surface area contributed by atoms with Gasteiger partial charge in [-0.3, -0.25) is 0 Å². The van der Waals surface area contributed by atoms with E-state index in [2.05, 4.69) is 20.9 Å². The zero-order valence-electron chi connectivity index (χ0n) is 7.96. The summed E-state index contributed by atoms with van der Waals surface area (Å²) in [6.07, 6.45) is 2.45. The number of aliphatic hydroxyl groups is 1. The molecule has 0 fully saturated rings. The second-order valence-electron chi connectivity index (χ2n) is 2.88. The van der Waals surface area contributed by atoms with Gasteiger partial charge >= 0.3 is 0 Å². The molecule has 0 aliphatic carbocycles. The van der Waals surface area contributed by atoms with E-state index in [4.69, 9.17) is 10.8 Å². The van der Waals surface area contributed by atoms with E-state index in [1.54, 1.807) is 18.0 Å². The molecule has 14 heavy (non-hydrogen) atoms. The predicted molar refractivity (Wildman–Crippen MR) is 63.5 cm³/mol. The lowest BCUT2D eigenvalue weighted by Gasteiger charge is -2.07. The minimum atomic E-state index is 0.221. The number of hydrogen-bond acceptors (Lipinski definition) is 4. The number of rotatable bonds is 4. The first kappa shape index (κ1) is 11.8. The molecular formula is C9H13BrN2OS. The van der Waals surface area contributed by atoms with Crippen LogP contribution in [0.5, 0.6) is 0 Å². The fraction of sp³-hybridized carbons (Fsp3) is 0.444. The van der Waals surface area contributed by atoms with Crippen LogP contribution in [-0.2, 0) is 0 Å². The number of aliphatic hydroxyl groups excluding tert-OH is 1. The lowest BCUT2D eigenvalue weighted by atomic mass is 10.3. The van der Waals surface area contributed by atoms with Gasteiger partial charge in [0.15, 0.2) is 0 Å². The summed E-state index contributed by atoms with van der Waals surface area (Å²) < 4.78 is 0.959. The van der Waals surface area contributed by atoms with Gasteiger partial charge in [0.25, 0.3) is 0 Å². The first-order valence-corrected chi connectivity index (χ1v) is 6.09. The molecule has 0 saturated heterocycles. The van der Waals surface area contributed by atoms with Gasteiger partial charge in [-0.15, -0.1) is 11.8 Å². The van der Waals surface area contributed by atoms with Crippen molar-refractivity contribution in [2.45, 2.75) is 18.4 Å². The van der Waals surface area contributed by atoms with E-state index in [9.17, 15) is 0 Å². The van der Waals surface area contributed by atoms with Gasteiger partial charge in [-0.05, 0) is 34.8 Å². The van der Waals surface area contributed by atoms with Crippen LogP contribution in [0.4, 0.5) is 5.69 Å². The number of thioether (sulfide) groups is 1. The zero-order chi connectivity index (χ0) is 10.6. The summed E-state index contributed by atoms with van der Waals surface area (Å²) in [5, 5.41) is 9.58. The highest BCUT2D eigenvalue weighted by atomic mass is 79.9. The van der Waals surface area contributed by atoms with Crippen LogP contribution >= 0.6 is 27.7 Å². The first-order chi connectivity index (χ1) is 6.66. The number of nitrogens with zero attached hydrogens (tertiary/aromatic N) is 1. The van der Waals surface area contributed by atoms with E-state index < -0.39 is 0 Å². The van der Waals surface area contributed by atoms with Crippen molar-refractivity contribution in [1.82, 2.24) is 4.98 Å². The lowest BCUT2D eigenvalue weighted by molar-refractivity contribution is 0.296. The Balaban J connectivity index is 2.73. The Hall–Kier alpha value is -0.260. The molecule has 0 aliphatic rings. The maximum absolute atomic E-state index is 8.65. The smallest absolute Gasteiger partial charge is 0.111 e. The van der Waals surface area contributed by atoms with Crippen LogP contribution in [0.2, 0.25) is 0 Å². The summed E-state index contributed by atoms with van der Waals surface area (Å²) >= 11 is 5.08. The Labute approximate surface area is 96.2 Å². The normalized spacial score (nSPS) is 10.5. The zero-order valence-corrected chi connectivity index (χ0v) is 10.4. The summed E-state index contributed by atoms with van der Waals surface area (Å²) in [7, 11) is 0. The van der Waals surface area contributed by atoms with E-state index in [0.29, 0.717) is 5.69 Å². The molecule has 1 heterocycles. The summed E-state index contributed by atoms with van der Waals surface area (Å²) in [4.78, 5) is 4.22. The molecule has 0 aromatic carbocycles. The Bertz CT molecular complexity index is 320. The molecule has 0 radical (unpaired) electrons. The largest absolute Gasteiger partial charge is 0.397 e. The third-order valence-corrected chi connectivity index (χ3v) is 4.12. The number of nitrogens with two attached hydrogens (primary N) is 1. The molecular weight excluding hydrogens is 264 g/mol. The number of pyridine rings is 1. The van der Waals surface area contributed by atoms with Crippen molar-refractivity contribution in [3.63, 3.8) is 0 Å². The maximum Gasteiger partial charge on any atom is 0.111 e. The monoisotopic (exact) mass is 276 g/mol. The molecule has 0 bridgehead atoms. The van der Waals surface area contributed by atoms with Crippen molar-refractivity contribution in [1.29, 1.82) is 0 Å². The molecule has 0 amide bonds. The van der Waals surface area contributed by atoms with Crippen molar-refractivity contribution in [2.75, 3.05) is 18.1 Å². The highest BCUT2D eigenvalue weighted by Gasteiger charge is 2.07. The molecule has 1 aromatic heterocycles. The minimum absolute atomic E-state index is 0.221. The van der Waals surface area contributed by atoms with E-state index in [1.807, 2.05) is 6.92 Å². The quantitative estimate of drug-likeness (QED) is 0.654. The van der Waals surface area contributed by atoms with Crippen LogP contribution in [0.15, 0.2) is 15.7 Å². The number of nitrogen functional groups attached to an aromatic ring is 1. The van der Waals surface area contributed by atoms with Gasteiger partial charge in [-0.2, -0.15) is 0 Å². The van der Waals surface area contributed by atoms with Crippen molar-refractivity contribution >= 4 is 33.4 Å². The molecule has 0 atom stereocenters. The molecule has 5 heteroatoms. The molecule has 0 saturated carbocycles. The number of aromatic nitrogens is 1. The second-order valence-corrected chi connectivity index (χ2v) is 4.76. The molecule has 3 N–H and O–H groups in total. The Morgan fingerprint density at radius 3 is 3.00 bits per heavy atom. The summed E-state index contributed by atoms with van der Waals surface area (Å²) in [6, 6.07) is 0. The van der Waals surface area contributed by atoms with Crippen LogP contribution in [0.25, 0.3) is 0 Å². The molecule has 3 nitrogen and oxygen atoms in total. The van der Waals surface area contributed by atoms with E-state index >= 15 is 0 Å². The third kappa shape index (κ3) is 2.87. The standard InChI is InChI=1S/C9H13BrN2OS/c1-6-7(11)5-12-9(8(6)10)14-4-2-3-13/h5,13H,2-4,11H2,1H3. The average Bonchev–Trinajstić information content (AvgIpc) is 2.18. The third-order valence-electron chi connectivity index (χ3n) is 1.81. The number of hydrogen-bond donors (Lipinski definition) is 2. The van der Waals surface area contributed by atoms with Crippen LogP contribution in [-0.4, -0.2) is 22.5 Å². The Kier molecular flexibility index (Phi) is 4.71. The van der Waals surface area contributed by atoms with Crippen molar-refractivity contribution in [3.8, 4) is 0 Å². The Morgan fingerprint density at radius 1 is 1.64 bits per heavy atom. The van der Waals surface area contributed by atoms with Crippen LogP contribution in [0.3, 0.4) is 0 Å². The topological polar surface area (TPSA) is 59.1 Å². The molecule has 0 aliphatic heterocycles. The fourth-order valence-electron chi connectivity index (χ4n) is 0.903. The SMILES string of the molecule is Cc1c(N)cnc(SCCCO)c1Br. The molecule has 78 valence electrons. The fourth-order valence-corrected chi connectivity index (χ4v) is 2.45. The van der Waals surface area contributed by atoms with Gasteiger partial charge in [0.1, 0.15) is 5.03 Å². The lowest BCUT2D eigenvalue weighted by Crippen LogP contribution is -1.95. The summed E-state index contributed by atoms with van der Waals surface area (Å²) in [6.45, 7) is 2.18. The first-order valence-electron chi connectivity index (χ1n) is 4.31. The van der Waals surface area contributed by atoms with E-state index in [-0.39, 0.29) is 6.61 Å². The van der Waals surface area contributed by atoms with E-state index in [1.165, 1.54) is 0 Å². The van der Waals surface area contributed by atoms with Crippen molar-refractivity contribution in [3.05, 3.63) is 16.2 Å². The number of anilines is 1. The molecule has 0 spiro atoms. The van der Waals surface area contributed by atoms with Gasteiger partial charge in [0.2, 0.25) is 0 Å². The molecule has 1 rings (SSSR count). The predicted octanol–water partition coefficient (Wildman–Crippen LogP) is 2.21. The van der Waals surface area contributed by atoms with Crippen LogP contribution < -0.4 is 5.73 Å². The van der Waals surface area contributed by atoms with Crippen LogP contribution in [0.1, 0.15) is 12.0 Å². The van der Waals surface area contributed by atoms with Gasteiger partial charge in [-0.1, -0.05) is 0 Å². The van der Waals surface area contributed by atoms with Crippen LogP contribution in [0, 0.1) is 6.92 Å². The van der Waals surface area contributed by atoms with E-state index in [0.717, 1.165) is 27.2 Å². The van der Waals surface area contributed by atoms with Gasteiger partial charge in [0, 0.05) is 12.4 Å². The van der Waals surface area contributed by atoms with Crippen molar-refractivity contribution in [2.24, 2.45) is 0 Å². The van der Waals surface area contributed by atoms with Gasteiger partial charge in [0.05, 0.1) is 16.4 Å². The number of halogens is 1. The van der Waals surface area contributed by atoms with Gasteiger partial charge < -0.3 is 10.8 Å².